The van der Waals surface area contributed by atoms with Gasteiger partial charge in [-0.05, 0) is 61.8 Å². The van der Waals surface area contributed by atoms with Crippen LogP contribution in [0.5, 0.6) is 0 Å². The first-order valence-electron chi connectivity index (χ1n) is 7.87. The molecule has 3 nitrogen and oxygen atoms in total. The minimum absolute atomic E-state index is 0.565. The van der Waals surface area contributed by atoms with Gasteiger partial charge >= 0.3 is 0 Å². The van der Waals surface area contributed by atoms with Crippen molar-refractivity contribution >= 4 is 0 Å². The molecule has 0 saturated heterocycles. The van der Waals surface area contributed by atoms with Gasteiger partial charge in [0.1, 0.15) is 6.07 Å². The van der Waals surface area contributed by atoms with Crippen molar-refractivity contribution < 1.29 is 0 Å². The summed E-state index contributed by atoms with van der Waals surface area (Å²) in [5.41, 5.74) is 1.87. The van der Waals surface area contributed by atoms with Crippen LogP contribution in [-0.4, -0.2) is 9.78 Å². The number of hydrogen-bond acceptors (Lipinski definition) is 2. The molecule has 0 amide bonds. The molecule has 5 rings (SSSR count). The zero-order valence-electron chi connectivity index (χ0n) is 11.8. The van der Waals surface area contributed by atoms with E-state index in [2.05, 4.69) is 17.7 Å². The number of hydrogen-bond donors (Lipinski definition) is 0. The van der Waals surface area contributed by atoms with E-state index in [0.717, 1.165) is 30.2 Å². The van der Waals surface area contributed by atoms with Crippen LogP contribution < -0.4 is 0 Å². The van der Waals surface area contributed by atoms with Gasteiger partial charge in [-0.2, -0.15) is 10.4 Å². The number of rotatable bonds is 3. The van der Waals surface area contributed by atoms with Crippen LogP contribution in [0, 0.1) is 35.0 Å². The molecule has 0 aromatic carbocycles. The van der Waals surface area contributed by atoms with Crippen molar-refractivity contribution in [3.05, 3.63) is 30.1 Å². The molecule has 4 fully saturated rings. The summed E-state index contributed by atoms with van der Waals surface area (Å²) in [6, 6.07) is 4.24. The highest BCUT2D eigenvalue weighted by Gasteiger charge is 2.49. The predicted octanol–water partition coefficient (Wildman–Crippen LogP) is 3.48. The third-order valence-corrected chi connectivity index (χ3v) is 5.80. The van der Waals surface area contributed by atoms with Gasteiger partial charge in [-0.15, -0.1) is 6.58 Å². The molecular formula is C17H21N3. The molecule has 0 unspecified atom stereocenters. The van der Waals surface area contributed by atoms with Crippen LogP contribution in [-0.2, 0) is 6.54 Å². The summed E-state index contributed by atoms with van der Waals surface area (Å²) in [6.07, 6.45) is 8.97. The molecule has 4 aliphatic carbocycles. The van der Waals surface area contributed by atoms with Crippen LogP contribution in [0.1, 0.15) is 49.4 Å². The van der Waals surface area contributed by atoms with Crippen LogP contribution in [0.15, 0.2) is 18.7 Å². The fourth-order valence-electron chi connectivity index (χ4n) is 5.43. The first-order chi connectivity index (χ1) is 9.78. The molecule has 0 atom stereocenters. The summed E-state index contributed by atoms with van der Waals surface area (Å²) in [7, 11) is 0. The molecule has 0 radical (unpaired) electrons. The van der Waals surface area contributed by atoms with Gasteiger partial charge in [-0.3, -0.25) is 4.68 Å². The molecule has 4 saturated carbocycles. The minimum Gasteiger partial charge on any atom is -0.264 e. The maximum absolute atomic E-state index is 9.14. The normalized spacial score (nSPS) is 37.9. The van der Waals surface area contributed by atoms with Gasteiger partial charge in [0.05, 0.1) is 6.54 Å². The SMILES string of the molecule is C=CCn1nc(C#N)cc1C1C2CC3CC(C2)CC1C3. The Kier molecular flexibility index (Phi) is 2.73. The topological polar surface area (TPSA) is 41.6 Å². The third-order valence-electron chi connectivity index (χ3n) is 5.80. The van der Waals surface area contributed by atoms with E-state index in [9.17, 15) is 0 Å². The van der Waals surface area contributed by atoms with Gasteiger partial charge in [-0.25, -0.2) is 0 Å². The largest absolute Gasteiger partial charge is 0.264 e. The van der Waals surface area contributed by atoms with Crippen LogP contribution in [0.25, 0.3) is 0 Å². The van der Waals surface area contributed by atoms with Crippen LogP contribution >= 0.6 is 0 Å². The summed E-state index contributed by atoms with van der Waals surface area (Å²) in [5, 5.41) is 13.6. The molecule has 1 aromatic heterocycles. The van der Waals surface area contributed by atoms with Crippen molar-refractivity contribution in [1.82, 2.24) is 9.78 Å². The maximum Gasteiger partial charge on any atom is 0.162 e. The van der Waals surface area contributed by atoms with E-state index in [-0.39, 0.29) is 0 Å². The summed E-state index contributed by atoms with van der Waals surface area (Å²) in [4.78, 5) is 0. The first kappa shape index (κ1) is 12.2. The molecule has 0 spiro atoms. The molecule has 1 aromatic rings. The number of allylic oxidation sites excluding steroid dienone is 1. The molecular weight excluding hydrogens is 246 g/mol. The van der Waals surface area contributed by atoms with E-state index in [1.807, 2.05) is 16.8 Å². The summed E-state index contributed by atoms with van der Waals surface area (Å²) in [5.74, 6) is 4.27. The Morgan fingerprint density at radius 3 is 2.45 bits per heavy atom. The lowest BCUT2D eigenvalue weighted by Gasteiger charge is -2.54. The van der Waals surface area contributed by atoms with Gasteiger partial charge < -0.3 is 0 Å². The molecule has 0 aliphatic heterocycles. The second-order valence-corrected chi connectivity index (χ2v) is 6.99. The van der Waals surface area contributed by atoms with E-state index in [4.69, 9.17) is 5.26 Å². The molecule has 104 valence electrons. The molecule has 1 heterocycles. The van der Waals surface area contributed by atoms with Crippen molar-refractivity contribution in [3.8, 4) is 6.07 Å². The monoisotopic (exact) mass is 267 g/mol. The second kappa shape index (κ2) is 4.48. The fraction of sp³-hybridized carbons (Fsp3) is 0.647. The van der Waals surface area contributed by atoms with Crippen molar-refractivity contribution in [1.29, 1.82) is 5.26 Å². The average Bonchev–Trinajstić information content (AvgIpc) is 2.81. The zero-order chi connectivity index (χ0) is 13.7. The van der Waals surface area contributed by atoms with Gasteiger partial charge in [0.15, 0.2) is 5.69 Å². The third kappa shape index (κ3) is 1.74. The standard InChI is InChI=1S/C17H21N3/c1-2-3-20-16(9-15(10-18)19-20)17-13-5-11-4-12(7-13)8-14(17)6-11/h2,9,11-14,17H,1,3-8H2. The zero-order valence-corrected chi connectivity index (χ0v) is 11.8. The Hall–Kier alpha value is -1.56. The Bertz CT molecular complexity index is 550. The quantitative estimate of drug-likeness (QED) is 0.787. The van der Waals surface area contributed by atoms with Crippen molar-refractivity contribution in [2.24, 2.45) is 23.7 Å². The van der Waals surface area contributed by atoms with Crippen molar-refractivity contribution in [2.45, 2.75) is 44.6 Å². The van der Waals surface area contributed by atoms with Crippen LogP contribution in [0.2, 0.25) is 0 Å². The highest BCUT2D eigenvalue weighted by Crippen LogP contribution is 2.59. The summed E-state index contributed by atoms with van der Waals surface area (Å²) in [6.45, 7) is 4.55. The second-order valence-electron chi connectivity index (χ2n) is 6.99. The molecule has 4 bridgehead atoms. The average molecular weight is 267 g/mol. The Labute approximate surface area is 120 Å². The van der Waals surface area contributed by atoms with Gasteiger partial charge in [0.25, 0.3) is 0 Å². The summed E-state index contributed by atoms with van der Waals surface area (Å²) < 4.78 is 2.03. The van der Waals surface area contributed by atoms with Gasteiger partial charge in [0, 0.05) is 11.6 Å². The van der Waals surface area contributed by atoms with Crippen LogP contribution in [0.3, 0.4) is 0 Å². The summed E-state index contributed by atoms with van der Waals surface area (Å²) >= 11 is 0. The Balaban J connectivity index is 1.72. The molecule has 3 heteroatoms. The van der Waals surface area contributed by atoms with E-state index < -0.39 is 0 Å². The lowest BCUT2D eigenvalue weighted by atomic mass is 9.51. The maximum atomic E-state index is 9.14. The van der Waals surface area contributed by atoms with E-state index in [1.54, 1.807) is 0 Å². The van der Waals surface area contributed by atoms with Crippen LogP contribution in [0.4, 0.5) is 0 Å². The smallest absolute Gasteiger partial charge is 0.162 e. The Morgan fingerprint density at radius 2 is 1.90 bits per heavy atom. The molecule has 20 heavy (non-hydrogen) atoms. The molecule has 4 aliphatic rings. The lowest BCUT2D eigenvalue weighted by molar-refractivity contribution is -0.00549. The fourth-order valence-corrected chi connectivity index (χ4v) is 5.43. The van der Waals surface area contributed by atoms with Gasteiger partial charge in [0.2, 0.25) is 0 Å². The minimum atomic E-state index is 0.565. The van der Waals surface area contributed by atoms with Crippen molar-refractivity contribution in [3.63, 3.8) is 0 Å². The molecule has 0 N–H and O–H groups in total. The van der Waals surface area contributed by atoms with E-state index >= 15 is 0 Å². The lowest BCUT2D eigenvalue weighted by Crippen LogP contribution is -2.44. The van der Waals surface area contributed by atoms with Gasteiger partial charge in [-0.1, -0.05) is 6.08 Å². The number of nitriles is 1. The van der Waals surface area contributed by atoms with E-state index in [1.165, 1.54) is 37.8 Å². The highest BCUT2D eigenvalue weighted by atomic mass is 15.3. The predicted molar refractivity (Wildman–Crippen MR) is 76.9 cm³/mol. The van der Waals surface area contributed by atoms with Crippen molar-refractivity contribution in [2.75, 3.05) is 0 Å². The number of aromatic nitrogens is 2. The first-order valence-corrected chi connectivity index (χ1v) is 7.87. The highest BCUT2D eigenvalue weighted by molar-refractivity contribution is 5.27. The Morgan fingerprint density at radius 1 is 1.25 bits per heavy atom. The number of nitrogens with zero attached hydrogens (tertiary/aromatic N) is 3. The van der Waals surface area contributed by atoms with E-state index in [0.29, 0.717) is 11.6 Å².